The summed E-state index contributed by atoms with van der Waals surface area (Å²) < 4.78 is 1.72. The smallest absolute Gasteiger partial charge is 0.128 e. The summed E-state index contributed by atoms with van der Waals surface area (Å²) in [6, 6.07) is 3.46. The van der Waals surface area contributed by atoms with E-state index in [1.54, 1.807) is 10.9 Å². The maximum atomic E-state index is 6.14. The minimum absolute atomic E-state index is 0.324. The first kappa shape index (κ1) is 10.6. The number of nitrogens with two attached hydrogens (primary N) is 2. The van der Waals surface area contributed by atoms with E-state index < -0.39 is 0 Å². The highest BCUT2D eigenvalue weighted by molar-refractivity contribution is 5.48. The zero-order valence-corrected chi connectivity index (χ0v) is 9.38. The molecule has 0 aliphatic carbocycles. The summed E-state index contributed by atoms with van der Waals surface area (Å²) in [5, 5.41) is 4.28. The number of aromatic nitrogens is 3. The Labute approximate surface area is 94.1 Å². The molecule has 5 nitrogen and oxygen atoms in total. The van der Waals surface area contributed by atoms with E-state index in [1.165, 1.54) is 0 Å². The Morgan fingerprint density at radius 2 is 2.12 bits per heavy atom. The topological polar surface area (TPSA) is 82.7 Å². The number of hydrogen-bond acceptors (Lipinski definition) is 4. The lowest BCUT2D eigenvalue weighted by Crippen LogP contribution is -2.17. The van der Waals surface area contributed by atoms with Crippen molar-refractivity contribution in [3.63, 3.8) is 0 Å². The molecule has 0 aromatic carbocycles. The van der Waals surface area contributed by atoms with E-state index >= 15 is 0 Å². The molecule has 0 radical (unpaired) electrons. The van der Waals surface area contributed by atoms with Crippen LogP contribution < -0.4 is 11.5 Å². The molecule has 0 saturated heterocycles. The zero-order valence-electron chi connectivity index (χ0n) is 9.38. The quantitative estimate of drug-likeness (QED) is 0.777. The van der Waals surface area contributed by atoms with Gasteiger partial charge in [0, 0.05) is 25.0 Å². The van der Waals surface area contributed by atoms with E-state index in [2.05, 4.69) is 10.1 Å². The Kier molecular flexibility index (Phi) is 2.62. The molecule has 5 heteroatoms. The zero-order chi connectivity index (χ0) is 11.7. The van der Waals surface area contributed by atoms with Crippen molar-refractivity contribution in [2.75, 3.05) is 5.73 Å². The van der Waals surface area contributed by atoms with Crippen LogP contribution in [0.5, 0.6) is 0 Å². The number of nitrogen functional groups attached to an aromatic ring is 1. The van der Waals surface area contributed by atoms with E-state index in [0.717, 1.165) is 16.8 Å². The first-order valence-electron chi connectivity index (χ1n) is 5.05. The van der Waals surface area contributed by atoms with Crippen molar-refractivity contribution in [1.82, 2.24) is 14.8 Å². The van der Waals surface area contributed by atoms with Crippen LogP contribution in [0, 0.1) is 6.92 Å². The maximum absolute atomic E-state index is 6.14. The Morgan fingerprint density at radius 3 is 2.69 bits per heavy atom. The fraction of sp³-hybridized carbons (Fsp3) is 0.273. The molecule has 2 aromatic heterocycles. The molecule has 1 atom stereocenters. The SMILES string of the molecule is Cc1ccnc(N)c1C(N)c1ccn(C)n1. The summed E-state index contributed by atoms with van der Waals surface area (Å²) in [6.07, 6.45) is 3.54. The van der Waals surface area contributed by atoms with Gasteiger partial charge in [-0.2, -0.15) is 5.10 Å². The Morgan fingerprint density at radius 1 is 1.38 bits per heavy atom. The van der Waals surface area contributed by atoms with E-state index in [9.17, 15) is 0 Å². The van der Waals surface area contributed by atoms with Crippen LogP contribution in [0.1, 0.15) is 22.9 Å². The van der Waals surface area contributed by atoms with Crippen LogP contribution in [0.4, 0.5) is 5.82 Å². The van der Waals surface area contributed by atoms with E-state index in [-0.39, 0.29) is 6.04 Å². The van der Waals surface area contributed by atoms with E-state index in [4.69, 9.17) is 11.5 Å². The molecule has 0 saturated carbocycles. The second-order valence-electron chi connectivity index (χ2n) is 3.82. The monoisotopic (exact) mass is 217 g/mol. The second-order valence-corrected chi connectivity index (χ2v) is 3.82. The van der Waals surface area contributed by atoms with Gasteiger partial charge in [-0.3, -0.25) is 4.68 Å². The standard InChI is InChI=1S/C11H15N5/c1-7-3-5-14-11(13)9(7)10(12)8-4-6-16(2)15-8/h3-6,10H,12H2,1-2H3,(H2,13,14). The molecular formula is C11H15N5. The number of aryl methyl sites for hydroxylation is 2. The number of pyridine rings is 1. The summed E-state index contributed by atoms with van der Waals surface area (Å²) in [5.74, 6) is 0.471. The predicted octanol–water partition coefficient (Wildman–Crippen LogP) is 0.754. The number of anilines is 1. The fourth-order valence-electron chi connectivity index (χ4n) is 1.74. The molecule has 1 unspecified atom stereocenters. The van der Waals surface area contributed by atoms with Crippen LogP contribution >= 0.6 is 0 Å². The van der Waals surface area contributed by atoms with Gasteiger partial charge in [-0.15, -0.1) is 0 Å². The molecule has 2 rings (SSSR count). The van der Waals surface area contributed by atoms with Gasteiger partial charge in [0.05, 0.1) is 11.7 Å². The average molecular weight is 217 g/mol. The lowest BCUT2D eigenvalue weighted by atomic mass is 10.0. The van der Waals surface area contributed by atoms with Crippen LogP contribution in [0.3, 0.4) is 0 Å². The van der Waals surface area contributed by atoms with Gasteiger partial charge in [0.15, 0.2) is 0 Å². The van der Waals surface area contributed by atoms with E-state index in [1.807, 2.05) is 32.3 Å². The van der Waals surface area contributed by atoms with Gasteiger partial charge in [-0.1, -0.05) is 0 Å². The fourth-order valence-corrected chi connectivity index (χ4v) is 1.74. The van der Waals surface area contributed by atoms with Crippen molar-refractivity contribution in [2.24, 2.45) is 12.8 Å². The predicted molar refractivity (Wildman–Crippen MR) is 62.6 cm³/mol. The highest BCUT2D eigenvalue weighted by Gasteiger charge is 2.17. The average Bonchev–Trinajstić information content (AvgIpc) is 2.64. The minimum Gasteiger partial charge on any atom is -0.383 e. The van der Waals surface area contributed by atoms with Gasteiger partial charge in [0.25, 0.3) is 0 Å². The first-order chi connectivity index (χ1) is 7.59. The second kappa shape index (κ2) is 3.94. The molecule has 2 heterocycles. The summed E-state index contributed by atoms with van der Waals surface area (Å²) in [5.41, 5.74) is 14.7. The largest absolute Gasteiger partial charge is 0.383 e. The molecule has 0 amide bonds. The van der Waals surface area contributed by atoms with Gasteiger partial charge in [-0.25, -0.2) is 4.98 Å². The summed E-state index contributed by atoms with van der Waals surface area (Å²) in [6.45, 7) is 1.97. The van der Waals surface area contributed by atoms with Gasteiger partial charge >= 0.3 is 0 Å². The summed E-state index contributed by atoms with van der Waals surface area (Å²) in [7, 11) is 1.86. The molecular weight excluding hydrogens is 202 g/mol. The molecule has 84 valence electrons. The molecule has 0 spiro atoms. The van der Waals surface area contributed by atoms with Crippen molar-refractivity contribution in [2.45, 2.75) is 13.0 Å². The van der Waals surface area contributed by atoms with Crippen LogP contribution in [-0.4, -0.2) is 14.8 Å². The minimum atomic E-state index is -0.324. The maximum Gasteiger partial charge on any atom is 0.128 e. The Balaban J connectivity index is 2.45. The molecule has 2 aromatic rings. The molecule has 0 bridgehead atoms. The molecule has 4 N–H and O–H groups in total. The van der Waals surface area contributed by atoms with Crippen molar-refractivity contribution >= 4 is 5.82 Å². The third kappa shape index (κ3) is 1.77. The lowest BCUT2D eigenvalue weighted by Gasteiger charge is -2.14. The highest BCUT2D eigenvalue weighted by atomic mass is 15.3. The van der Waals surface area contributed by atoms with Crippen molar-refractivity contribution in [1.29, 1.82) is 0 Å². The molecule has 0 fully saturated rings. The van der Waals surface area contributed by atoms with E-state index in [0.29, 0.717) is 5.82 Å². The van der Waals surface area contributed by atoms with Crippen molar-refractivity contribution in [3.8, 4) is 0 Å². The van der Waals surface area contributed by atoms with Crippen molar-refractivity contribution < 1.29 is 0 Å². The number of nitrogens with zero attached hydrogens (tertiary/aromatic N) is 3. The Hall–Kier alpha value is -1.88. The third-order valence-electron chi connectivity index (χ3n) is 2.60. The molecule has 0 aliphatic rings. The first-order valence-corrected chi connectivity index (χ1v) is 5.05. The number of hydrogen-bond donors (Lipinski definition) is 2. The summed E-state index contributed by atoms with van der Waals surface area (Å²) in [4.78, 5) is 4.06. The summed E-state index contributed by atoms with van der Waals surface area (Å²) >= 11 is 0. The van der Waals surface area contributed by atoms with Crippen LogP contribution in [-0.2, 0) is 7.05 Å². The van der Waals surface area contributed by atoms with Gasteiger partial charge in [0.1, 0.15) is 5.82 Å². The normalized spacial score (nSPS) is 12.7. The van der Waals surface area contributed by atoms with Crippen molar-refractivity contribution in [3.05, 3.63) is 41.3 Å². The molecule has 16 heavy (non-hydrogen) atoms. The van der Waals surface area contributed by atoms with Gasteiger partial charge in [-0.05, 0) is 24.6 Å². The van der Waals surface area contributed by atoms with Gasteiger partial charge < -0.3 is 11.5 Å². The number of rotatable bonds is 2. The van der Waals surface area contributed by atoms with Gasteiger partial charge in [0.2, 0.25) is 0 Å². The van der Waals surface area contributed by atoms with Crippen LogP contribution in [0.2, 0.25) is 0 Å². The van der Waals surface area contributed by atoms with Crippen LogP contribution in [0.15, 0.2) is 24.5 Å². The lowest BCUT2D eigenvalue weighted by molar-refractivity contribution is 0.714. The highest BCUT2D eigenvalue weighted by Crippen LogP contribution is 2.24. The van der Waals surface area contributed by atoms with Crippen LogP contribution in [0.25, 0.3) is 0 Å². The third-order valence-corrected chi connectivity index (χ3v) is 2.60. The Bertz CT molecular complexity index is 483. The molecule has 0 aliphatic heterocycles.